The van der Waals surface area contributed by atoms with E-state index in [1.54, 1.807) is 22.7 Å². The largest absolute Gasteiger partial charge is 0.550 e. The van der Waals surface area contributed by atoms with Crippen molar-refractivity contribution in [3.05, 3.63) is 46.7 Å². The van der Waals surface area contributed by atoms with E-state index in [0.717, 1.165) is 11.3 Å². The van der Waals surface area contributed by atoms with E-state index in [1.165, 1.54) is 9.75 Å². The van der Waals surface area contributed by atoms with Gasteiger partial charge in [0.25, 0.3) is 0 Å². The third-order valence-corrected chi connectivity index (χ3v) is 7.05. The molecule has 4 rings (SSSR count). The molecule has 0 spiro atoms. The van der Waals surface area contributed by atoms with Crippen molar-refractivity contribution in [2.45, 2.75) is 13.0 Å². The molecule has 0 aliphatic heterocycles. The second kappa shape index (κ2) is 6.18. The van der Waals surface area contributed by atoms with Crippen LogP contribution in [-0.4, -0.2) is 11.9 Å². The second-order valence-corrected chi connectivity index (χ2v) is 8.40. The zero-order chi connectivity index (χ0) is 16.7. The molecule has 4 atom stereocenters. The van der Waals surface area contributed by atoms with Crippen LogP contribution in [0.5, 0.6) is 0 Å². The van der Waals surface area contributed by atoms with Gasteiger partial charge in [-0.3, -0.25) is 4.79 Å². The highest BCUT2D eigenvalue weighted by atomic mass is 32.1. The second-order valence-electron chi connectivity index (χ2n) is 6.28. The van der Waals surface area contributed by atoms with Gasteiger partial charge >= 0.3 is 0 Å². The Labute approximate surface area is 147 Å². The van der Waals surface area contributed by atoms with Gasteiger partial charge in [-0.1, -0.05) is 18.2 Å². The number of amides is 1. The van der Waals surface area contributed by atoms with E-state index < -0.39 is 17.8 Å². The van der Waals surface area contributed by atoms with Crippen molar-refractivity contribution in [3.8, 4) is 9.75 Å². The summed E-state index contributed by atoms with van der Waals surface area (Å²) in [5, 5.41) is 16.4. The molecule has 6 heteroatoms. The maximum atomic E-state index is 12.5. The molecule has 0 saturated heterocycles. The number of hydrogen-bond donors (Lipinski definition) is 1. The first kappa shape index (κ1) is 15.6. The Hall–Kier alpha value is -1.92. The predicted octanol–water partition coefficient (Wildman–Crippen LogP) is 2.28. The Balaban J connectivity index is 1.42. The Morgan fingerprint density at radius 2 is 1.92 bits per heavy atom. The van der Waals surface area contributed by atoms with Crippen LogP contribution in [-0.2, 0) is 16.1 Å². The van der Waals surface area contributed by atoms with Crippen molar-refractivity contribution in [2.75, 3.05) is 0 Å². The summed E-state index contributed by atoms with van der Waals surface area (Å²) in [7, 11) is 0. The van der Waals surface area contributed by atoms with Gasteiger partial charge in [0.05, 0.1) is 12.5 Å². The maximum absolute atomic E-state index is 12.5. The van der Waals surface area contributed by atoms with Gasteiger partial charge in [-0.2, -0.15) is 0 Å². The lowest BCUT2D eigenvalue weighted by atomic mass is 9.82. The van der Waals surface area contributed by atoms with Crippen LogP contribution >= 0.6 is 22.7 Å². The summed E-state index contributed by atoms with van der Waals surface area (Å²) < 4.78 is 0. The number of nitrogens with one attached hydrogen (secondary N) is 1. The quantitative estimate of drug-likeness (QED) is 0.834. The molecule has 2 aromatic rings. The Morgan fingerprint density at radius 3 is 2.62 bits per heavy atom. The summed E-state index contributed by atoms with van der Waals surface area (Å²) >= 11 is 3.34. The first-order valence-electron chi connectivity index (χ1n) is 7.93. The molecular weight excluding hydrogens is 342 g/mol. The topological polar surface area (TPSA) is 69.2 Å². The number of allylic oxidation sites excluding steroid dienone is 2. The van der Waals surface area contributed by atoms with Gasteiger partial charge in [0.2, 0.25) is 5.91 Å². The fourth-order valence-electron chi connectivity index (χ4n) is 3.82. The van der Waals surface area contributed by atoms with Gasteiger partial charge in [0.15, 0.2) is 0 Å². The minimum Gasteiger partial charge on any atom is -0.550 e. The van der Waals surface area contributed by atoms with Gasteiger partial charge in [-0.25, -0.2) is 0 Å². The van der Waals surface area contributed by atoms with Crippen LogP contribution in [0.1, 0.15) is 11.3 Å². The number of carbonyl (C=O) groups is 2. The van der Waals surface area contributed by atoms with Crippen molar-refractivity contribution in [3.63, 3.8) is 0 Å². The molecule has 2 aromatic heterocycles. The lowest BCUT2D eigenvalue weighted by Crippen LogP contribution is -2.44. The van der Waals surface area contributed by atoms with Crippen molar-refractivity contribution in [2.24, 2.45) is 23.7 Å². The van der Waals surface area contributed by atoms with E-state index in [9.17, 15) is 14.7 Å². The lowest BCUT2D eigenvalue weighted by molar-refractivity contribution is -0.313. The molecule has 1 amide bonds. The number of aliphatic carboxylic acids is 1. The molecule has 1 fully saturated rings. The van der Waals surface area contributed by atoms with Crippen molar-refractivity contribution in [1.29, 1.82) is 0 Å². The minimum atomic E-state index is -1.11. The van der Waals surface area contributed by atoms with Crippen molar-refractivity contribution >= 4 is 34.6 Å². The highest BCUT2D eigenvalue weighted by molar-refractivity contribution is 7.21. The minimum absolute atomic E-state index is 0.0305. The van der Waals surface area contributed by atoms with Gasteiger partial charge in [0.1, 0.15) is 0 Å². The summed E-state index contributed by atoms with van der Waals surface area (Å²) in [6.07, 6.45) is 4.65. The molecule has 0 unspecified atom stereocenters. The Morgan fingerprint density at radius 1 is 1.12 bits per heavy atom. The zero-order valence-corrected chi connectivity index (χ0v) is 14.4. The maximum Gasteiger partial charge on any atom is 0.224 e. The molecule has 1 N–H and O–H groups in total. The number of carbonyl (C=O) groups excluding carboxylic acids is 2. The van der Waals surface area contributed by atoms with Crippen molar-refractivity contribution in [1.82, 2.24) is 5.32 Å². The molecule has 2 aliphatic carbocycles. The first-order valence-corrected chi connectivity index (χ1v) is 9.62. The van der Waals surface area contributed by atoms with Crippen LogP contribution < -0.4 is 10.4 Å². The number of carboxylic acid groups (broad SMARTS) is 1. The SMILES string of the molecule is O=C([O-])[C@@H]1[C@H](C(=O)NCc2ccc(-c3cccs3)s2)[C@@H]2C=C[C@H]1C2. The third-order valence-electron chi connectivity index (χ3n) is 4.90. The van der Waals surface area contributed by atoms with E-state index in [-0.39, 0.29) is 17.7 Å². The molecule has 2 bridgehead atoms. The predicted molar refractivity (Wildman–Crippen MR) is 92.2 cm³/mol. The normalized spacial score (nSPS) is 27.5. The summed E-state index contributed by atoms with van der Waals surface area (Å²) in [5.41, 5.74) is 0. The lowest BCUT2D eigenvalue weighted by Gasteiger charge is -2.27. The molecule has 1 saturated carbocycles. The fraction of sp³-hybridized carbons (Fsp3) is 0.333. The molecule has 2 aliphatic rings. The summed E-state index contributed by atoms with van der Waals surface area (Å²) in [6.45, 7) is 0.437. The van der Waals surface area contributed by atoms with Crippen LogP contribution in [0.15, 0.2) is 41.8 Å². The van der Waals surface area contributed by atoms with Crippen LogP contribution in [0.4, 0.5) is 0 Å². The smallest absolute Gasteiger partial charge is 0.224 e. The molecule has 124 valence electrons. The fourth-order valence-corrected chi connectivity index (χ4v) is 5.60. The van der Waals surface area contributed by atoms with Crippen LogP contribution in [0.25, 0.3) is 9.75 Å². The van der Waals surface area contributed by atoms with E-state index in [4.69, 9.17) is 0 Å². The number of carboxylic acids is 1. The highest BCUT2D eigenvalue weighted by Crippen LogP contribution is 2.47. The monoisotopic (exact) mass is 358 g/mol. The summed E-state index contributed by atoms with van der Waals surface area (Å²) in [5.74, 6) is -2.49. The summed E-state index contributed by atoms with van der Waals surface area (Å²) in [4.78, 5) is 27.4. The zero-order valence-electron chi connectivity index (χ0n) is 12.8. The van der Waals surface area contributed by atoms with Gasteiger partial charge in [-0.05, 0) is 41.8 Å². The number of hydrogen-bond acceptors (Lipinski definition) is 5. The first-order chi connectivity index (χ1) is 11.6. The average Bonchev–Trinajstić information content (AvgIpc) is 3.35. The number of rotatable bonds is 5. The highest BCUT2D eigenvalue weighted by Gasteiger charge is 2.48. The Bertz CT molecular complexity index is 793. The van der Waals surface area contributed by atoms with Crippen molar-refractivity contribution < 1.29 is 14.7 Å². The number of fused-ring (bicyclic) bond motifs is 2. The van der Waals surface area contributed by atoms with Crippen LogP contribution in [0.3, 0.4) is 0 Å². The van der Waals surface area contributed by atoms with E-state index in [0.29, 0.717) is 6.54 Å². The average molecular weight is 358 g/mol. The van der Waals surface area contributed by atoms with Crippen LogP contribution in [0.2, 0.25) is 0 Å². The molecule has 4 nitrogen and oxygen atoms in total. The van der Waals surface area contributed by atoms with Gasteiger partial charge in [-0.15, -0.1) is 22.7 Å². The molecule has 0 radical (unpaired) electrons. The van der Waals surface area contributed by atoms with E-state index in [2.05, 4.69) is 17.4 Å². The number of thiophene rings is 2. The summed E-state index contributed by atoms with van der Waals surface area (Å²) in [6, 6.07) is 8.16. The van der Waals surface area contributed by atoms with Crippen LogP contribution in [0, 0.1) is 23.7 Å². The van der Waals surface area contributed by atoms with Gasteiger partial charge in [0, 0.05) is 26.5 Å². The standard InChI is InChI=1S/C18H17NO3S2/c20-17(15-10-3-4-11(8-10)16(15)18(21)22)19-9-12-5-6-14(24-12)13-2-1-7-23-13/h1-7,10-11,15-16H,8-9H2,(H,19,20)(H,21,22)/p-1/t10-,11+,15-,16+/m1/s1. The molecular formula is C18H16NO3S2-. The molecule has 24 heavy (non-hydrogen) atoms. The Kier molecular flexibility index (Phi) is 4.02. The van der Waals surface area contributed by atoms with E-state index in [1.807, 2.05) is 29.7 Å². The van der Waals surface area contributed by atoms with Gasteiger partial charge < -0.3 is 15.2 Å². The van der Waals surface area contributed by atoms with E-state index >= 15 is 0 Å². The third kappa shape index (κ3) is 2.70. The molecule has 2 heterocycles. The molecule has 0 aromatic carbocycles.